The standard InChI is InChI=1S/C6H10N2O2/c9-6-3-5(10-8-6)4-1-2-7-4/h3-4,6-9H,1-2H2. The van der Waals surface area contributed by atoms with E-state index in [0.717, 1.165) is 18.7 Å². The van der Waals surface area contributed by atoms with Gasteiger partial charge in [0.1, 0.15) is 5.76 Å². The van der Waals surface area contributed by atoms with Crippen molar-refractivity contribution in [2.24, 2.45) is 0 Å². The van der Waals surface area contributed by atoms with E-state index >= 15 is 0 Å². The predicted molar refractivity (Wildman–Crippen MR) is 34.7 cm³/mol. The van der Waals surface area contributed by atoms with Crippen LogP contribution in [0, 0.1) is 0 Å². The molecule has 0 radical (unpaired) electrons. The number of hydroxylamine groups is 1. The molecule has 56 valence electrons. The van der Waals surface area contributed by atoms with Gasteiger partial charge in [0.05, 0.1) is 6.04 Å². The van der Waals surface area contributed by atoms with E-state index in [4.69, 9.17) is 9.94 Å². The summed E-state index contributed by atoms with van der Waals surface area (Å²) in [6.45, 7) is 1.04. The van der Waals surface area contributed by atoms with Crippen molar-refractivity contribution in [3.63, 3.8) is 0 Å². The third kappa shape index (κ3) is 0.901. The van der Waals surface area contributed by atoms with Crippen LogP contribution in [0.15, 0.2) is 11.8 Å². The van der Waals surface area contributed by atoms with Crippen molar-refractivity contribution in [2.45, 2.75) is 18.7 Å². The van der Waals surface area contributed by atoms with Gasteiger partial charge >= 0.3 is 0 Å². The van der Waals surface area contributed by atoms with Gasteiger partial charge in [-0.25, -0.2) is 0 Å². The minimum atomic E-state index is -0.627. The molecule has 0 bridgehead atoms. The van der Waals surface area contributed by atoms with Crippen LogP contribution >= 0.6 is 0 Å². The second-order valence-corrected chi connectivity index (χ2v) is 2.53. The van der Waals surface area contributed by atoms with Gasteiger partial charge in [0.2, 0.25) is 0 Å². The lowest BCUT2D eigenvalue weighted by Crippen LogP contribution is -2.44. The highest BCUT2D eigenvalue weighted by molar-refractivity contribution is 5.11. The molecule has 0 amide bonds. The van der Waals surface area contributed by atoms with Gasteiger partial charge in [0.15, 0.2) is 6.23 Å². The zero-order chi connectivity index (χ0) is 6.97. The van der Waals surface area contributed by atoms with Crippen LogP contribution in [0.5, 0.6) is 0 Å². The predicted octanol–water partition coefficient (Wildman–Crippen LogP) is -0.915. The van der Waals surface area contributed by atoms with Crippen molar-refractivity contribution >= 4 is 0 Å². The molecule has 0 aromatic rings. The van der Waals surface area contributed by atoms with Gasteiger partial charge in [-0.2, -0.15) is 0 Å². The third-order valence-corrected chi connectivity index (χ3v) is 1.79. The Bertz CT molecular complexity index is 165. The maximum Gasteiger partial charge on any atom is 0.159 e. The molecule has 2 aliphatic heterocycles. The molecule has 2 aliphatic rings. The average molecular weight is 142 g/mol. The Balaban J connectivity index is 1.97. The molecule has 3 N–H and O–H groups in total. The Labute approximate surface area is 58.8 Å². The second kappa shape index (κ2) is 2.23. The molecule has 10 heavy (non-hydrogen) atoms. The van der Waals surface area contributed by atoms with E-state index in [9.17, 15) is 0 Å². The number of aliphatic hydroxyl groups is 1. The first-order chi connectivity index (χ1) is 4.86. The number of nitrogens with one attached hydrogen (secondary N) is 2. The van der Waals surface area contributed by atoms with Gasteiger partial charge in [-0.3, -0.25) is 0 Å². The minimum Gasteiger partial charge on any atom is -0.409 e. The van der Waals surface area contributed by atoms with Crippen LogP contribution in [-0.2, 0) is 4.84 Å². The SMILES string of the molecule is OC1C=C(C2CCN2)ON1. The molecule has 0 spiro atoms. The fourth-order valence-electron chi connectivity index (χ4n) is 1.07. The van der Waals surface area contributed by atoms with Crippen molar-refractivity contribution in [1.82, 2.24) is 10.8 Å². The number of hydrogen-bond acceptors (Lipinski definition) is 4. The maximum atomic E-state index is 8.93. The normalized spacial score (nSPS) is 38.3. The minimum absolute atomic E-state index is 0.324. The molecule has 2 unspecified atom stereocenters. The summed E-state index contributed by atoms with van der Waals surface area (Å²) in [6, 6.07) is 0.324. The molecule has 0 aromatic heterocycles. The highest BCUT2D eigenvalue weighted by Crippen LogP contribution is 2.17. The molecule has 0 aromatic carbocycles. The van der Waals surface area contributed by atoms with Gasteiger partial charge in [0.25, 0.3) is 0 Å². The van der Waals surface area contributed by atoms with Crippen LogP contribution in [-0.4, -0.2) is 23.9 Å². The Morgan fingerprint density at radius 3 is 2.90 bits per heavy atom. The number of aliphatic hydroxyl groups excluding tert-OH is 1. The molecule has 1 saturated heterocycles. The molecule has 4 nitrogen and oxygen atoms in total. The van der Waals surface area contributed by atoms with Crippen LogP contribution in [0.4, 0.5) is 0 Å². The van der Waals surface area contributed by atoms with E-state index in [1.165, 1.54) is 0 Å². The molecular weight excluding hydrogens is 132 g/mol. The quantitative estimate of drug-likeness (QED) is 0.443. The monoisotopic (exact) mass is 142 g/mol. The van der Waals surface area contributed by atoms with Crippen molar-refractivity contribution in [1.29, 1.82) is 0 Å². The fourth-order valence-corrected chi connectivity index (χ4v) is 1.07. The average Bonchev–Trinajstić information content (AvgIpc) is 2.10. The largest absolute Gasteiger partial charge is 0.409 e. The van der Waals surface area contributed by atoms with Crippen molar-refractivity contribution in [3.05, 3.63) is 11.8 Å². The second-order valence-electron chi connectivity index (χ2n) is 2.53. The molecule has 4 heteroatoms. The zero-order valence-corrected chi connectivity index (χ0v) is 5.50. The molecule has 2 rings (SSSR count). The summed E-state index contributed by atoms with van der Waals surface area (Å²) in [6.07, 6.45) is 2.15. The van der Waals surface area contributed by atoms with E-state index in [0.29, 0.717) is 6.04 Å². The summed E-state index contributed by atoms with van der Waals surface area (Å²) >= 11 is 0. The number of hydrogen-bond donors (Lipinski definition) is 3. The van der Waals surface area contributed by atoms with E-state index in [1.807, 2.05) is 0 Å². The Morgan fingerprint density at radius 1 is 1.70 bits per heavy atom. The maximum absolute atomic E-state index is 8.93. The highest BCUT2D eigenvalue weighted by atomic mass is 16.7. The summed E-state index contributed by atoms with van der Waals surface area (Å²) in [7, 11) is 0. The van der Waals surface area contributed by atoms with Crippen molar-refractivity contribution in [3.8, 4) is 0 Å². The zero-order valence-electron chi connectivity index (χ0n) is 5.50. The van der Waals surface area contributed by atoms with Crippen LogP contribution in [0.1, 0.15) is 6.42 Å². The molecule has 0 saturated carbocycles. The summed E-state index contributed by atoms with van der Waals surface area (Å²) < 4.78 is 0. The number of rotatable bonds is 1. The first-order valence-corrected chi connectivity index (χ1v) is 3.42. The summed E-state index contributed by atoms with van der Waals surface area (Å²) in [5.41, 5.74) is 2.44. The lowest BCUT2D eigenvalue weighted by molar-refractivity contribution is 0.0241. The van der Waals surface area contributed by atoms with E-state index < -0.39 is 6.23 Å². The van der Waals surface area contributed by atoms with Gasteiger partial charge in [-0.1, -0.05) is 0 Å². The van der Waals surface area contributed by atoms with Crippen molar-refractivity contribution < 1.29 is 9.94 Å². The first kappa shape index (κ1) is 6.15. The Kier molecular flexibility index (Phi) is 1.37. The van der Waals surface area contributed by atoms with Crippen LogP contribution in [0.25, 0.3) is 0 Å². The van der Waals surface area contributed by atoms with E-state index in [1.54, 1.807) is 6.08 Å². The van der Waals surface area contributed by atoms with E-state index in [-0.39, 0.29) is 0 Å². The Morgan fingerprint density at radius 2 is 2.50 bits per heavy atom. The van der Waals surface area contributed by atoms with Gasteiger partial charge in [-0.15, -0.1) is 5.48 Å². The fraction of sp³-hybridized carbons (Fsp3) is 0.667. The highest BCUT2D eigenvalue weighted by Gasteiger charge is 2.27. The first-order valence-electron chi connectivity index (χ1n) is 3.42. The van der Waals surface area contributed by atoms with Crippen molar-refractivity contribution in [2.75, 3.05) is 6.54 Å². The summed E-state index contributed by atoms with van der Waals surface area (Å²) in [5.74, 6) is 0.818. The smallest absolute Gasteiger partial charge is 0.159 e. The lowest BCUT2D eigenvalue weighted by Gasteiger charge is -2.26. The lowest BCUT2D eigenvalue weighted by atomic mass is 10.1. The summed E-state index contributed by atoms with van der Waals surface area (Å²) in [5, 5.41) is 12.1. The third-order valence-electron chi connectivity index (χ3n) is 1.79. The molecular formula is C6H10N2O2. The van der Waals surface area contributed by atoms with Crippen LogP contribution < -0.4 is 10.8 Å². The molecule has 0 aliphatic carbocycles. The Hall–Kier alpha value is -0.580. The van der Waals surface area contributed by atoms with Crippen LogP contribution in [0.3, 0.4) is 0 Å². The molecule has 2 atom stereocenters. The topological polar surface area (TPSA) is 53.5 Å². The summed E-state index contributed by atoms with van der Waals surface area (Å²) in [4.78, 5) is 4.97. The van der Waals surface area contributed by atoms with Crippen LogP contribution in [0.2, 0.25) is 0 Å². The van der Waals surface area contributed by atoms with Gasteiger partial charge in [-0.05, 0) is 13.0 Å². The molecule has 2 heterocycles. The van der Waals surface area contributed by atoms with Gasteiger partial charge < -0.3 is 15.3 Å². The van der Waals surface area contributed by atoms with E-state index in [2.05, 4.69) is 10.8 Å². The van der Waals surface area contributed by atoms with Gasteiger partial charge in [0, 0.05) is 6.08 Å². The molecule has 1 fully saturated rings.